The van der Waals surface area contributed by atoms with E-state index in [1.54, 1.807) is 13.0 Å². The summed E-state index contributed by atoms with van der Waals surface area (Å²) >= 11 is 0. The number of benzene rings is 1. The van der Waals surface area contributed by atoms with Crippen LogP contribution in [0.25, 0.3) is 0 Å². The summed E-state index contributed by atoms with van der Waals surface area (Å²) in [4.78, 5) is 25.2. The summed E-state index contributed by atoms with van der Waals surface area (Å²) in [6, 6.07) is 3.95. The number of methoxy groups -OCH3 is 1. The summed E-state index contributed by atoms with van der Waals surface area (Å²) < 4.78 is 59.2. The first kappa shape index (κ1) is 21.8. The van der Waals surface area contributed by atoms with Crippen molar-refractivity contribution in [3.05, 3.63) is 29.6 Å². The number of ether oxygens (including phenoxy) is 2. The van der Waals surface area contributed by atoms with E-state index >= 15 is 0 Å². The van der Waals surface area contributed by atoms with Crippen LogP contribution in [0.1, 0.15) is 31.4 Å². The molecule has 1 atom stereocenters. The van der Waals surface area contributed by atoms with Crippen LogP contribution < -0.4 is 10.1 Å². The molecule has 6 nitrogen and oxygen atoms in total. The normalized spacial score (nSPS) is 16.4. The number of nitrogens with one attached hydrogen (secondary N) is 1. The van der Waals surface area contributed by atoms with E-state index in [2.05, 4.69) is 10.1 Å². The summed E-state index contributed by atoms with van der Waals surface area (Å²) in [5, 5.41) is 2.79. The van der Waals surface area contributed by atoms with Crippen LogP contribution in [0.3, 0.4) is 0 Å². The van der Waals surface area contributed by atoms with Gasteiger partial charge in [-0.2, -0.15) is 13.2 Å². The average molecular weight is 406 g/mol. The summed E-state index contributed by atoms with van der Waals surface area (Å²) in [5.41, 5.74) is 0.569. The van der Waals surface area contributed by atoms with Crippen molar-refractivity contribution in [2.45, 2.75) is 32.0 Å². The van der Waals surface area contributed by atoms with Gasteiger partial charge in [-0.05, 0) is 37.5 Å². The maximum Gasteiger partial charge on any atom is 0.422 e. The van der Waals surface area contributed by atoms with Crippen LogP contribution in [0.5, 0.6) is 5.75 Å². The molecule has 10 heteroatoms. The van der Waals surface area contributed by atoms with Gasteiger partial charge in [-0.3, -0.25) is 4.79 Å². The lowest BCUT2D eigenvalue weighted by atomic mass is 9.95. The van der Waals surface area contributed by atoms with E-state index in [9.17, 15) is 27.2 Å². The number of alkyl halides is 3. The predicted octanol–water partition coefficient (Wildman–Crippen LogP) is 3.42. The van der Waals surface area contributed by atoms with Crippen molar-refractivity contribution in [3.8, 4) is 5.75 Å². The topological polar surface area (TPSA) is 67.9 Å². The molecule has 1 aromatic carbocycles. The van der Waals surface area contributed by atoms with Crippen molar-refractivity contribution in [2.24, 2.45) is 5.92 Å². The molecule has 1 aliphatic rings. The van der Waals surface area contributed by atoms with Crippen LogP contribution >= 0.6 is 0 Å². The van der Waals surface area contributed by atoms with E-state index in [0.29, 0.717) is 18.4 Å². The fourth-order valence-electron chi connectivity index (χ4n) is 2.93. The highest BCUT2D eigenvalue weighted by atomic mass is 19.4. The summed E-state index contributed by atoms with van der Waals surface area (Å²) in [6.07, 6.45) is -5.02. The lowest BCUT2D eigenvalue weighted by Crippen LogP contribution is -2.44. The molecule has 1 N–H and O–H groups in total. The zero-order chi connectivity index (χ0) is 20.9. The van der Waals surface area contributed by atoms with Gasteiger partial charge in [-0.25, -0.2) is 9.18 Å². The quantitative estimate of drug-likeness (QED) is 0.761. The summed E-state index contributed by atoms with van der Waals surface area (Å²) in [6.45, 7) is 0.325. The van der Waals surface area contributed by atoms with Gasteiger partial charge >= 0.3 is 12.3 Å². The monoisotopic (exact) mass is 406 g/mol. The minimum absolute atomic E-state index is 0.104. The van der Waals surface area contributed by atoms with Crippen LogP contribution in [0.4, 0.5) is 22.4 Å². The van der Waals surface area contributed by atoms with Gasteiger partial charge in [0, 0.05) is 19.0 Å². The molecule has 156 valence electrons. The number of piperidine rings is 1. The minimum Gasteiger partial charge on any atom is -0.494 e. The minimum atomic E-state index is -4.58. The molecule has 0 radical (unpaired) electrons. The van der Waals surface area contributed by atoms with Crippen LogP contribution in [0, 0.1) is 11.7 Å². The van der Waals surface area contributed by atoms with Gasteiger partial charge in [-0.15, -0.1) is 0 Å². The molecular weight excluding hydrogens is 384 g/mol. The van der Waals surface area contributed by atoms with Crippen LogP contribution in [0.2, 0.25) is 0 Å². The van der Waals surface area contributed by atoms with E-state index in [0.717, 1.165) is 4.90 Å². The lowest BCUT2D eigenvalue weighted by molar-refractivity contribution is -0.162. The highest BCUT2D eigenvalue weighted by Crippen LogP contribution is 2.24. The predicted molar refractivity (Wildman–Crippen MR) is 91.2 cm³/mol. The zero-order valence-electron chi connectivity index (χ0n) is 15.5. The van der Waals surface area contributed by atoms with Crippen LogP contribution in [-0.4, -0.2) is 49.9 Å². The first-order chi connectivity index (χ1) is 13.1. The van der Waals surface area contributed by atoms with Gasteiger partial charge in [0.05, 0.1) is 13.2 Å². The van der Waals surface area contributed by atoms with Crippen LogP contribution in [-0.2, 0) is 9.53 Å². The van der Waals surface area contributed by atoms with E-state index in [1.165, 1.54) is 19.2 Å². The van der Waals surface area contributed by atoms with Crippen molar-refractivity contribution < 1.29 is 36.6 Å². The van der Waals surface area contributed by atoms with Crippen LogP contribution in [0.15, 0.2) is 18.2 Å². The van der Waals surface area contributed by atoms with E-state index in [-0.39, 0.29) is 24.7 Å². The van der Waals surface area contributed by atoms with Gasteiger partial charge in [0.25, 0.3) is 0 Å². The molecule has 0 saturated carbocycles. The molecule has 2 rings (SSSR count). The highest BCUT2D eigenvalue weighted by molar-refractivity contribution is 5.79. The number of carbonyl (C=O) groups excluding carboxylic acids is 2. The molecule has 0 aromatic heterocycles. The molecule has 1 heterocycles. The maximum absolute atomic E-state index is 13.8. The molecular formula is C18H22F4N2O4. The Morgan fingerprint density at radius 1 is 1.29 bits per heavy atom. The maximum atomic E-state index is 13.8. The van der Waals surface area contributed by atoms with Gasteiger partial charge in [0.15, 0.2) is 18.2 Å². The van der Waals surface area contributed by atoms with Crippen molar-refractivity contribution in [2.75, 3.05) is 26.8 Å². The van der Waals surface area contributed by atoms with Gasteiger partial charge in [-0.1, -0.05) is 6.07 Å². The molecule has 1 saturated heterocycles. The molecule has 0 aliphatic carbocycles. The number of hydrogen-bond acceptors (Lipinski definition) is 4. The Kier molecular flexibility index (Phi) is 7.09. The molecule has 0 spiro atoms. The van der Waals surface area contributed by atoms with Gasteiger partial charge in [0.2, 0.25) is 5.91 Å². The highest BCUT2D eigenvalue weighted by Gasteiger charge is 2.33. The lowest BCUT2D eigenvalue weighted by Gasteiger charge is -2.31. The first-order valence-corrected chi connectivity index (χ1v) is 8.73. The fraction of sp³-hybridized carbons (Fsp3) is 0.556. The largest absolute Gasteiger partial charge is 0.494 e. The second-order valence-electron chi connectivity index (χ2n) is 6.56. The number of carbonyl (C=O) groups is 2. The summed E-state index contributed by atoms with van der Waals surface area (Å²) in [7, 11) is 1.36. The molecule has 1 aliphatic heterocycles. The van der Waals surface area contributed by atoms with Crippen molar-refractivity contribution in [1.29, 1.82) is 0 Å². The fourth-order valence-corrected chi connectivity index (χ4v) is 2.93. The molecule has 2 amide bonds. The second-order valence-corrected chi connectivity index (χ2v) is 6.56. The van der Waals surface area contributed by atoms with E-state index in [1.807, 2.05) is 0 Å². The van der Waals surface area contributed by atoms with Gasteiger partial charge < -0.3 is 19.7 Å². The number of hydrogen-bond donors (Lipinski definition) is 1. The number of amides is 2. The van der Waals surface area contributed by atoms with Crippen molar-refractivity contribution in [1.82, 2.24) is 10.2 Å². The van der Waals surface area contributed by atoms with Crippen molar-refractivity contribution in [3.63, 3.8) is 0 Å². The Bertz CT molecular complexity index is 703. The Morgan fingerprint density at radius 3 is 2.46 bits per heavy atom. The Hall–Kier alpha value is -2.52. The molecule has 1 aromatic rings. The standard InChI is InChI=1S/C18H22F4N2O4/c1-11(13-3-4-15(27-2)14(19)9-13)23-16(25)12-5-7-24(8-6-12)17(26)28-10-18(20,21)22/h3-4,9,11-12H,5-8,10H2,1-2H3,(H,23,25). The Morgan fingerprint density at radius 2 is 1.93 bits per heavy atom. The zero-order valence-corrected chi connectivity index (χ0v) is 15.5. The SMILES string of the molecule is COc1ccc(C(C)NC(=O)C2CCN(C(=O)OCC(F)(F)F)CC2)cc1F. The Labute approximate surface area is 159 Å². The molecule has 1 unspecified atom stereocenters. The Balaban J connectivity index is 1.83. The van der Waals surface area contributed by atoms with E-state index in [4.69, 9.17) is 4.74 Å². The number of likely N-dealkylation sites (tertiary alicyclic amines) is 1. The average Bonchev–Trinajstić information content (AvgIpc) is 2.65. The number of halogens is 4. The van der Waals surface area contributed by atoms with Gasteiger partial charge in [0.1, 0.15) is 0 Å². The third-order valence-electron chi connectivity index (χ3n) is 4.52. The first-order valence-electron chi connectivity index (χ1n) is 8.73. The van der Waals surface area contributed by atoms with E-state index < -0.39 is 36.7 Å². The molecule has 1 fully saturated rings. The third kappa shape index (κ3) is 6.00. The second kappa shape index (κ2) is 9.11. The molecule has 0 bridgehead atoms. The molecule has 28 heavy (non-hydrogen) atoms. The number of rotatable bonds is 5. The summed E-state index contributed by atoms with van der Waals surface area (Å²) in [5.74, 6) is -1.08. The third-order valence-corrected chi connectivity index (χ3v) is 4.52. The smallest absolute Gasteiger partial charge is 0.422 e. The van der Waals surface area contributed by atoms with Crippen molar-refractivity contribution >= 4 is 12.0 Å². The number of nitrogens with zero attached hydrogens (tertiary/aromatic N) is 1.